The maximum absolute atomic E-state index is 12.8. The fourth-order valence-corrected chi connectivity index (χ4v) is 3.78. The van der Waals surface area contributed by atoms with Gasteiger partial charge in [-0.2, -0.15) is 0 Å². The molecule has 0 radical (unpaired) electrons. The Hall–Kier alpha value is -4.20. The van der Waals surface area contributed by atoms with Crippen LogP contribution in [-0.4, -0.2) is 38.8 Å². The van der Waals surface area contributed by atoms with Gasteiger partial charge in [-0.05, 0) is 75.2 Å². The number of anilines is 1. The SMILES string of the molecule is Cc1ccc(NC(=O)CN2C(=O)N/C(=C/c3cc(C)n(-c4cc(C)ccn4)c3C)C2=O)cc1. The maximum Gasteiger partial charge on any atom is 0.329 e. The summed E-state index contributed by atoms with van der Waals surface area (Å²) in [5.74, 6) is -0.212. The topological polar surface area (TPSA) is 96.3 Å². The molecule has 0 spiro atoms. The van der Waals surface area contributed by atoms with Crippen LogP contribution in [0.1, 0.15) is 28.1 Å². The first-order valence-electron chi connectivity index (χ1n) is 10.6. The zero-order valence-electron chi connectivity index (χ0n) is 19.0. The third-order valence-electron chi connectivity index (χ3n) is 5.50. The summed E-state index contributed by atoms with van der Waals surface area (Å²) in [5, 5.41) is 5.28. The van der Waals surface area contributed by atoms with Crippen LogP contribution in [0.4, 0.5) is 10.5 Å². The van der Waals surface area contributed by atoms with Crippen LogP contribution in [0.2, 0.25) is 0 Å². The lowest BCUT2D eigenvalue weighted by Gasteiger charge is -2.12. The predicted molar refractivity (Wildman–Crippen MR) is 126 cm³/mol. The molecular weight excluding hydrogens is 418 g/mol. The van der Waals surface area contributed by atoms with E-state index in [1.54, 1.807) is 24.4 Å². The van der Waals surface area contributed by atoms with Crippen molar-refractivity contribution >= 4 is 29.6 Å². The van der Waals surface area contributed by atoms with Crippen LogP contribution in [0.3, 0.4) is 0 Å². The molecule has 8 heteroatoms. The van der Waals surface area contributed by atoms with Crippen molar-refractivity contribution < 1.29 is 14.4 Å². The first-order chi connectivity index (χ1) is 15.7. The first kappa shape index (κ1) is 22.0. The van der Waals surface area contributed by atoms with E-state index in [1.807, 2.05) is 62.6 Å². The summed E-state index contributed by atoms with van der Waals surface area (Å²) >= 11 is 0. The van der Waals surface area contributed by atoms with E-state index in [-0.39, 0.29) is 12.2 Å². The van der Waals surface area contributed by atoms with Crippen molar-refractivity contribution in [2.45, 2.75) is 27.7 Å². The van der Waals surface area contributed by atoms with Gasteiger partial charge in [0.25, 0.3) is 5.91 Å². The standard InChI is InChI=1S/C25H25N5O3/c1-15-5-7-20(8-6-15)27-23(31)14-29-24(32)21(28-25(29)33)13-19-12-17(3)30(18(19)4)22-11-16(2)9-10-26-22/h5-13H,14H2,1-4H3,(H,27,31)(H,28,33)/b21-13+. The minimum Gasteiger partial charge on any atom is -0.325 e. The van der Waals surface area contributed by atoms with E-state index in [0.717, 1.165) is 38.8 Å². The van der Waals surface area contributed by atoms with E-state index in [2.05, 4.69) is 15.6 Å². The summed E-state index contributed by atoms with van der Waals surface area (Å²) in [5.41, 5.74) is 5.50. The maximum atomic E-state index is 12.8. The van der Waals surface area contributed by atoms with Gasteiger partial charge in [0.1, 0.15) is 18.1 Å². The number of aryl methyl sites for hydroxylation is 3. The van der Waals surface area contributed by atoms with Crippen LogP contribution in [-0.2, 0) is 9.59 Å². The molecule has 0 bridgehead atoms. The monoisotopic (exact) mass is 443 g/mol. The molecule has 0 atom stereocenters. The number of hydrogen-bond acceptors (Lipinski definition) is 4. The number of hydrogen-bond donors (Lipinski definition) is 2. The molecule has 2 aromatic heterocycles. The Morgan fingerprint density at radius 2 is 1.76 bits per heavy atom. The van der Waals surface area contributed by atoms with Gasteiger partial charge in [0, 0.05) is 23.3 Å². The van der Waals surface area contributed by atoms with Gasteiger partial charge in [0.2, 0.25) is 5.91 Å². The average molecular weight is 444 g/mol. The number of amides is 4. The van der Waals surface area contributed by atoms with Crippen molar-refractivity contribution in [3.63, 3.8) is 0 Å². The second-order valence-corrected chi connectivity index (χ2v) is 8.15. The third-order valence-corrected chi connectivity index (χ3v) is 5.50. The second-order valence-electron chi connectivity index (χ2n) is 8.15. The van der Waals surface area contributed by atoms with Crippen LogP contribution in [0.25, 0.3) is 11.9 Å². The van der Waals surface area contributed by atoms with Gasteiger partial charge in [0.15, 0.2) is 0 Å². The van der Waals surface area contributed by atoms with Crippen LogP contribution in [0.5, 0.6) is 0 Å². The number of aromatic nitrogens is 2. The third kappa shape index (κ3) is 4.55. The minimum absolute atomic E-state index is 0.126. The molecule has 1 aromatic carbocycles. The highest BCUT2D eigenvalue weighted by Crippen LogP contribution is 2.23. The van der Waals surface area contributed by atoms with Gasteiger partial charge >= 0.3 is 6.03 Å². The minimum atomic E-state index is -0.625. The average Bonchev–Trinajstić information content (AvgIpc) is 3.19. The Labute approximate surface area is 191 Å². The summed E-state index contributed by atoms with van der Waals surface area (Å²) in [4.78, 5) is 43.0. The number of benzene rings is 1. The summed E-state index contributed by atoms with van der Waals surface area (Å²) in [6.07, 6.45) is 3.38. The molecule has 1 aliphatic heterocycles. The summed E-state index contributed by atoms with van der Waals surface area (Å²) in [6, 6.07) is 12.5. The van der Waals surface area contributed by atoms with Gasteiger partial charge in [-0.3, -0.25) is 9.59 Å². The Balaban J connectivity index is 1.53. The van der Waals surface area contributed by atoms with Crippen molar-refractivity contribution in [2.75, 3.05) is 11.9 Å². The number of nitrogens with zero attached hydrogens (tertiary/aromatic N) is 3. The van der Waals surface area contributed by atoms with Crippen molar-refractivity contribution in [1.29, 1.82) is 0 Å². The zero-order valence-corrected chi connectivity index (χ0v) is 19.0. The number of pyridine rings is 1. The second kappa shape index (κ2) is 8.74. The smallest absolute Gasteiger partial charge is 0.325 e. The number of rotatable bonds is 5. The number of urea groups is 1. The van der Waals surface area contributed by atoms with Crippen LogP contribution < -0.4 is 10.6 Å². The lowest BCUT2D eigenvalue weighted by molar-refractivity contribution is -0.127. The molecule has 0 unspecified atom stereocenters. The highest BCUT2D eigenvalue weighted by molar-refractivity contribution is 6.16. The van der Waals surface area contributed by atoms with Crippen LogP contribution in [0.15, 0.2) is 54.4 Å². The molecule has 33 heavy (non-hydrogen) atoms. The highest BCUT2D eigenvalue weighted by atomic mass is 16.2. The van der Waals surface area contributed by atoms with Crippen molar-refractivity contribution in [3.05, 3.63) is 82.4 Å². The van der Waals surface area contributed by atoms with Crippen molar-refractivity contribution in [2.24, 2.45) is 0 Å². The Bertz CT molecular complexity index is 1290. The number of carbonyl (C=O) groups excluding carboxylic acids is 3. The van der Waals surface area contributed by atoms with E-state index >= 15 is 0 Å². The molecule has 1 saturated heterocycles. The van der Waals surface area contributed by atoms with E-state index in [0.29, 0.717) is 5.69 Å². The largest absolute Gasteiger partial charge is 0.329 e. The van der Waals surface area contributed by atoms with Gasteiger partial charge in [-0.25, -0.2) is 14.7 Å². The molecule has 4 rings (SSSR count). The Kier molecular flexibility index (Phi) is 5.83. The lowest BCUT2D eigenvalue weighted by Crippen LogP contribution is -2.38. The van der Waals surface area contributed by atoms with Crippen LogP contribution >= 0.6 is 0 Å². The van der Waals surface area contributed by atoms with E-state index in [1.165, 1.54) is 0 Å². The summed E-state index contributed by atoms with van der Waals surface area (Å²) < 4.78 is 1.99. The van der Waals surface area contributed by atoms with Gasteiger partial charge in [-0.15, -0.1) is 0 Å². The highest BCUT2D eigenvalue weighted by Gasteiger charge is 2.35. The van der Waals surface area contributed by atoms with E-state index in [4.69, 9.17) is 0 Å². The molecular formula is C25H25N5O3. The van der Waals surface area contributed by atoms with Gasteiger partial charge in [0.05, 0.1) is 0 Å². The molecule has 4 amide bonds. The van der Waals surface area contributed by atoms with Crippen LogP contribution in [0, 0.1) is 27.7 Å². The molecule has 3 heterocycles. The zero-order chi connectivity index (χ0) is 23.7. The van der Waals surface area contributed by atoms with Crippen molar-refractivity contribution in [1.82, 2.24) is 19.8 Å². The summed E-state index contributed by atoms with van der Waals surface area (Å²) in [7, 11) is 0. The molecule has 3 aromatic rings. The Morgan fingerprint density at radius 3 is 2.45 bits per heavy atom. The lowest BCUT2D eigenvalue weighted by atomic mass is 10.2. The first-order valence-corrected chi connectivity index (χ1v) is 10.6. The van der Waals surface area contributed by atoms with E-state index in [9.17, 15) is 14.4 Å². The molecule has 2 N–H and O–H groups in total. The molecule has 1 fully saturated rings. The van der Waals surface area contributed by atoms with Gasteiger partial charge in [-0.1, -0.05) is 17.7 Å². The molecule has 0 aliphatic carbocycles. The normalized spacial score (nSPS) is 14.7. The fourth-order valence-electron chi connectivity index (χ4n) is 3.78. The Morgan fingerprint density at radius 1 is 1.03 bits per heavy atom. The molecule has 0 saturated carbocycles. The molecule has 1 aliphatic rings. The quantitative estimate of drug-likeness (QED) is 0.465. The fraction of sp³-hybridized carbons (Fsp3) is 0.200. The van der Waals surface area contributed by atoms with Gasteiger partial charge < -0.3 is 15.2 Å². The molecule has 168 valence electrons. The van der Waals surface area contributed by atoms with Crippen molar-refractivity contribution in [3.8, 4) is 5.82 Å². The number of carbonyl (C=O) groups is 3. The number of imide groups is 1. The predicted octanol–water partition coefficient (Wildman–Crippen LogP) is 3.64. The molecule has 8 nitrogen and oxygen atoms in total. The summed E-state index contributed by atoms with van der Waals surface area (Å²) in [6.45, 7) is 7.45. The van der Waals surface area contributed by atoms with E-state index < -0.39 is 17.8 Å². The number of nitrogens with one attached hydrogen (secondary N) is 2.